The quantitative estimate of drug-likeness (QED) is 0.889. The molecule has 0 radical (unpaired) electrons. The van der Waals surface area contributed by atoms with E-state index in [2.05, 4.69) is 4.90 Å². The molecule has 1 unspecified atom stereocenters. The molecule has 1 fully saturated rings. The normalized spacial score (nSPS) is 20.7. The summed E-state index contributed by atoms with van der Waals surface area (Å²) in [5.41, 5.74) is -0.674. The summed E-state index contributed by atoms with van der Waals surface area (Å²) in [6.07, 6.45) is 2.14. The first-order valence-electron chi connectivity index (χ1n) is 6.81. The number of rotatable bonds is 5. The van der Waals surface area contributed by atoms with Crippen molar-refractivity contribution in [3.63, 3.8) is 0 Å². The summed E-state index contributed by atoms with van der Waals surface area (Å²) >= 11 is 0. The second-order valence-corrected chi connectivity index (χ2v) is 5.65. The van der Waals surface area contributed by atoms with Crippen LogP contribution in [0, 0.1) is 5.82 Å². The number of benzene rings is 1. The largest absolute Gasteiger partial charge is 0.492 e. The van der Waals surface area contributed by atoms with E-state index >= 15 is 0 Å². The minimum atomic E-state index is -0.674. The molecular formula is C15H22FNO2. The molecule has 1 aromatic carbocycles. The molecule has 0 aliphatic carbocycles. The van der Waals surface area contributed by atoms with Crippen LogP contribution in [0.2, 0.25) is 0 Å². The van der Waals surface area contributed by atoms with Crippen LogP contribution >= 0.6 is 0 Å². The Kier molecular flexibility index (Phi) is 4.42. The van der Waals surface area contributed by atoms with Gasteiger partial charge in [0.05, 0.1) is 5.60 Å². The van der Waals surface area contributed by atoms with Gasteiger partial charge in [0, 0.05) is 12.6 Å². The molecule has 19 heavy (non-hydrogen) atoms. The third kappa shape index (κ3) is 3.91. The van der Waals surface area contributed by atoms with Gasteiger partial charge < -0.3 is 9.84 Å². The highest BCUT2D eigenvalue weighted by Gasteiger charge is 2.35. The highest BCUT2D eigenvalue weighted by atomic mass is 19.1. The maximum absolute atomic E-state index is 12.7. The average Bonchev–Trinajstić information content (AvgIpc) is 2.80. The SMILES string of the molecule is CC(C)(O)C1CCCN1CCOc1ccc(F)cc1. The van der Waals surface area contributed by atoms with Crippen molar-refractivity contribution in [2.24, 2.45) is 0 Å². The van der Waals surface area contributed by atoms with Crippen molar-refractivity contribution in [3.8, 4) is 5.75 Å². The van der Waals surface area contributed by atoms with E-state index in [0.29, 0.717) is 12.4 Å². The number of nitrogens with zero attached hydrogens (tertiary/aromatic N) is 1. The first kappa shape index (κ1) is 14.3. The summed E-state index contributed by atoms with van der Waals surface area (Å²) < 4.78 is 18.3. The third-order valence-corrected chi connectivity index (χ3v) is 3.64. The first-order valence-corrected chi connectivity index (χ1v) is 6.81. The molecule has 106 valence electrons. The molecule has 1 N–H and O–H groups in total. The van der Waals surface area contributed by atoms with E-state index in [1.165, 1.54) is 12.1 Å². The van der Waals surface area contributed by atoms with Crippen molar-refractivity contribution in [1.29, 1.82) is 0 Å². The third-order valence-electron chi connectivity index (χ3n) is 3.64. The van der Waals surface area contributed by atoms with Crippen molar-refractivity contribution in [2.45, 2.75) is 38.3 Å². The van der Waals surface area contributed by atoms with Crippen LogP contribution in [0.3, 0.4) is 0 Å². The van der Waals surface area contributed by atoms with E-state index in [9.17, 15) is 9.50 Å². The number of likely N-dealkylation sites (tertiary alicyclic amines) is 1. The summed E-state index contributed by atoms with van der Waals surface area (Å²) in [6.45, 7) is 6.05. The average molecular weight is 267 g/mol. The van der Waals surface area contributed by atoms with Crippen LogP contribution < -0.4 is 4.74 Å². The van der Waals surface area contributed by atoms with Gasteiger partial charge in [-0.3, -0.25) is 4.90 Å². The molecule has 4 heteroatoms. The van der Waals surface area contributed by atoms with Crippen LogP contribution in [0.4, 0.5) is 4.39 Å². The summed E-state index contributed by atoms with van der Waals surface area (Å²) in [6, 6.07) is 6.25. The smallest absolute Gasteiger partial charge is 0.123 e. The number of ether oxygens (including phenoxy) is 1. The molecule has 1 atom stereocenters. The second-order valence-electron chi connectivity index (χ2n) is 5.65. The fourth-order valence-corrected chi connectivity index (χ4v) is 2.71. The molecule has 1 aliphatic heterocycles. The van der Waals surface area contributed by atoms with Gasteiger partial charge in [-0.25, -0.2) is 4.39 Å². The van der Waals surface area contributed by atoms with Crippen molar-refractivity contribution in [1.82, 2.24) is 4.90 Å². The molecule has 1 heterocycles. The van der Waals surface area contributed by atoms with Gasteiger partial charge in [-0.15, -0.1) is 0 Å². The van der Waals surface area contributed by atoms with Gasteiger partial charge in [0.25, 0.3) is 0 Å². The molecule has 1 aromatic rings. The molecule has 1 aliphatic rings. The molecule has 0 amide bonds. The topological polar surface area (TPSA) is 32.7 Å². The van der Waals surface area contributed by atoms with Gasteiger partial charge >= 0.3 is 0 Å². The Balaban J connectivity index is 1.80. The predicted molar refractivity (Wildman–Crippen MR) is 72.8 cm³/mol. The standard InChI is InChI=1S/C15H22FNO2/c1-15(2,18)14-4-3-9-17(14)10-11-19-13-7-5-12(16)6-8-13/h5-8,14,18H,3-4,9-11H2,1-2H3. The van der Waals surface area contributed by atoms with E-state index < -0.39 is 5.60 Å². The second kappa shape index (κ2) is 5.88. The highest BCUT2D eigenvalue weighted by molar-refractivity contribution is 5.21. The van der Waals surface area contributed by atoms with Crippen LogP contribution in [-0.2, 0) is 0 Å². The molecule has 0 saturated carbocycles. The lowest BCUT2D eigenvalue weighted by Crippen LogP contribution is -2.46. The van der Waals surface area contributed by atoms with Gasteiger partial charge in [0.2, 0.25) is 0 Å². The van der Waals surface area contributed by atoms with Crippen LogP contribution in [0.1, 0.15) is 26.7 Å². The zero-order valence-corrected chi connectivity index (χ0v) is 11.6. The van der Waals surface area contributed by atoms with Crippen molar-refractivity contribution < 1.29 is 14.2 Å². The van der Waals surface area contributed by atoms with Crippen molar-refractivity contribution in [2.75, 3.05) is 19.7 Å². The molecule has 2 rings (SSSR count). The maximum Gasteiger partial charge on any atom is 0.123 e. The van der Waals surface area contributed by atoms with Crippen molar-refractivity contribution >= 4 is 0 Å². The molecule has 0 bridgehead atoms. The van der Waals surface area contributed by atoms with Gasteiger partial charge in [-0.1, -0.05) is 0 Å². The summed E-state index contributed by atoms with van der Waals surface area (Å²) in [7, 11) is 0. The van der Waals surface area contributed by atoms with E-state index in [1.54, 1.807) is 12.1 Å². The van der Waals surface area contributed by atoms with Crippen molar-refractivity contribution in [3.05, 3.63) is 30.1 Å². The van der Waals surface area contributed by atoms with Gasteiger partial charge in [0.15, 0.2) is 0 Å². The molecular weight excluding hydrogens is 245 g/mol. The molecule has 0 spiro atoms. The van der Waals surface area contributed by atoms with Crippen LogP contribution in [-0.4, -0.2) is 41.3 Å². The van der Waals surface area contributed by atoms with Crippen LogP contribution in [0.25, 0.3) is 0 Å². The Morgan fingerprint density at radius 3 is 2.68 bits per heavy atom. The Bertz CT molecular complexity index is 400. The Hall–Kier alpha value is -1.13. The van der Waals surface area contributed by atoms with Gasteiger partial charge in [-0.05, 0) is 57.5 Å². The summed E-state index contributed by atoms with van der Waals surface area (Å²) in [5, 5.41) is 10.1. The minimum Gasteiger partial charge on any atom is -0.492 e. The zero-order valence-electron chi connectivity index (χ0n) is 11.6. The Morgan fingerprint density at radius 1 is 1.37 bits per heavy atom. The lowest BCUT2D eigenvalue weighted by molar-refractivity contribution is -0.00549. The van der Waals surface area contributed by atoms with Gasteiger partial charge in [0.1, 0.15) is 18.2 Å². The summed E-state index contributed by atoms with van der Waals surface area (Å²) in [5.74, 6) is 0.425. The number of halogens is 1. The van der Waals surface area contributed by atoms with Gasteiger partial charge in [-0.2, -0.15) is 0 Å². The van der Waals surface area contributed by atoms with Crippen LogP contribution in [0.15, 0.2) is 24.3 Å². The zero-order chi connectivity index (χ0) is 13.9. The molecule has 0 aromatic heterocycles. The van der Waals surface area contributed by atoms with Crippen LogP contribution in [0.5, 0.6) is 5.75 Å². The Labute approximate surface area is 114 Å². The number of hydrogen-bond acceptors (Lipinski definition) is 3. The van der Waals surface area contributed by atoms with E-state index in [0.717, 1.165) is 25.9 Å². The monoisotopic (exact) mass is 267 g/mol. The predicted octanol–water partition coefficient (Wildman–Crippen LogP) is 2.44. The fourth-order valence-electron chi connectivity index (χ4n) is 2.71. The minimum absolute atomic E-state index is 0.198. The van der Waals surface area contributed by atoms with E-state index in [1.807, 2.05) is 13.8 Å². The van der Waals surface area contributed by atoms with E-state index in [4.69, 9.17) is 4.74 Å². The maximum atomic E-state index is 12.7. The lowest BCUT2D eigenvalue weighted by atomic mass is 9.97. The lowest BCUT2D eigenvalue weighted by Gasteiger charge is -2.33. The molecule has 1 saturated heterocycles. The number of hydrogen-bond donors (Lipinski definition) is 1. The highest BCUT2D eigenvalue weighted by Crippen LogP contribution is 2.26. The first-order chi connectivity index (χ1) is 8.97. The van der Waals surface area contributed by atoms with E-state index in [-0.39, 0.29) is 11.9 Å². The fraction of sp³-hybridized carbons (Fsp3) is 0.600. The number of aliphatic hydroxyl groups is 1. The Morgan fingerprint density at radius 2 is 2.05 bits per heavy atom. The molecule has 3 nitrogen and oxygen atoms in total. The summed E-state index contributed by atoms with van der Waals surface area (Å²) in [4.78, 5) is 2.27.